The molecule has 94 valence electrons. The van der Waals surface area contributed by atoms with Crippen molar-refractivity contribution in [2.24, 2.45) is 11.3 Å². The second-order valence-corrected chi connectivity index (χ2v) is 4.06. The predicted molar refractivity (Wildman–Crippen MR) is 61.1 cm³/mol. The van der Waals surface area contributed by atoms with Crippen molar-refractivity contribution in [3.05, 3.63) is 0 Å². The molecule has 0 amide bonds. The zero-order valence-electron chi connectivity index (χ0n) is 10.6. The van der Waals surface area contributed by atoms with Gasteiger partial charge in [-0.15, -0.1) is 0 Å². The van der Waals surface area contributed by atoms with E-state index in [2.05, 4.69) is 0 Å². The molecule has 0 aliphatic carbocycles. The molecule has 0 heterocycles. The molecule has 0 aliphatic heterocycles. The lowest BCUT2D eigenvalue weighted by molar-refractivity contribution is -0.173. The first-order valence-electron chi connectivity index (χ1n) is 5.87. The number of hydrogen-bond donors (Lipinski definition) is 1. The molecule has 0 aromatic carbocycles. The van der Waals surface area contributed by atoms with Crippen LogP contribution in [-0.4, -0.2) is 23.7 Å². The third-order valence-electron chi connectivity index (χ3n) is 3.12. The maximum Gasteiger partial charge on any atom is 0.323 e. The van der Waals surface area contributed by atoms with Gasteiger partial charge >= 0.3 is 11.9 Å². The Balaban J connectivity index is 5.24. The van der Waals surface area contributed by atoms with Crippen LogP contribution in [0.2, 0.25) is 0 Å². The van der Waals surface area contributed by atoms with Crippen molar-refractivity contribution in [2.45, 2.75) is 47.0 Å². The summed E-state index contributed by atoms with van der Waals surface area (Å²) < 4.78 is 4.92. The summed E-state index contributed by atoms with van der Waals surface area (Å²) in [6.45, 7) is 7.46. The Kier molecular flexibility index (Phi) is 6.08. The van der Waals surface area contributed by atoms with Crippen LogP contribution in [0.3, 0.4) is 0 Å². The molecule has 4 heteroatoms. The normalized spacial score (nSPS) is 16.2. The average molecular weight is 230 g/mol. The van der Waals surface area contributed by atoms with Gasteiger partial charge in [-0.1, -0.05) is 33.6 Å². The van der Waals surface area contributed by atoms with E-state index in [9.17, 15) is 14.7 Å². The van der Waals surface area contributed by atoms with Crippen molar-refractivity contribution in [3.63, 3.8) is 0 Å². The Morgan fingerprint density at radius 1 is 1.31 bits per heavy atom. The topological polar surface area (TPSA) is 63.6 Å². The molecule has 4 nitrogen and oxygen atoms in total. The van der Waals surface area contributed by atoms with Crippen LogP contribution < -0.4 is 0 Å². The minimum Gasteiger partial charge on any atom is -0.480 e. The quantitative estimate of drug-likeness (QED) is 0.539. The van der Waals surface area contributed by atoms with E-state index >= 15 is 0 Å². The molecule has 0 bridgehead atoms. The zero-order valence-corrected chi connectivity index (χ0v) is 10.6. The number of hydrogen-bond acceptors (Lipinski definition) is 3. The summed E-state index contributed by atoms with van der Waals surface area (Å²) in [5.74, 6) is -1.88. The summed E-state index contributed by atoms with van der Waals surface area (Å²) >= 11 is 0. The Morgan fingerprint density at radius 2 is 1.88 bits per heavy atom. The van der Waals surface area contributed by atoms with Crippen LogP contribution in [0.25, 0.3) is 0 Å². The largest absolute Gasteiger partial charge is 0.480 e. The van der Waals surface area contributed by atoms with Gasteiger partial charge in [-0.25, -0.2) is 0 Å². The van der Waals surface area contributed by atoms with Crippen LogP contribution in [0.15, 0.2) is 0 Å². The first-order chi connectivity index (χ1) is 7.47. The Bertz CT molecular complexity index is 249. The first-order valence-corrected chi connectivity index (χ1v) is 5.87. The smallest absolute Gasteiger partial charge is 0.323 e. The third kappa shape index (κ3) is 2.74. The molecule has 0 saturated heterocycles. The van der Waals surface area contributed by atoms with Gasteiger partial charge in [0, 0.05) is 0 Å². The summed E-state index contributed by atoms with van der Waals surface area (Å²) in [7, 11) is 0. The van der Waals surface area contributed by atoms with E-state index in [1.165, 1.54) is 0 Å². The van der Waals surface area contributed by atoms with Crippen molar-refractivity contribution in [2.75, 3.05) is 6.61 Å². The van der Waals surface area contributed by atoms with E-state index in [0.29, 0.717) is 19.3 Å². The first kappa shape index (κ1) is 14.9. The van der Waals surface area contributed by atoms with Gasteiger partial charge in [-0.05, 0) is 19.3 Å². The van der Waals surface area contributed by atoms with Crippen LogP contribution in [0.1, 0.15) is 47.0 Å². The Hall–Kier alpha value is -1.06. The molecule has 0 aliphatic rings. The van der Waals surface area contributed by atoms with E-state index in [-0.39, 0.29) is 12.5 Å². The lowest BCUT2D eigenvalue weighted by Crippen LogP contribution is -2.45. The number of rotatable bonds is 7. The van der Waals surface area contributed by atoms with Gasteiger partial charge < -0.3 is 9.84 Å². The second-order valence-electron chi connectivity index (χ2n) is 4.06. The van der Waals surface area contributed by atoms with E-state index in [1.807, 2.05) is 13.8 Å². The van der Waals surface area contributed by atoms with E-state index in [1.54, 1.807) is 13.8 Å². The molecular weight excluding hydrogens is 208 g/mol. The number of aliphatic carboxylic acids is 1. The van der Waals surface area contributed by atoms with Gasteiger partial charge in [0.25, 0.3) is 0 Å². The van der Waals surface area contributed by atoms with Crippen LogP contribution >= 0.6 is 0 Å². The van der Waals surface area contributed by atoms with Crippen LogP contribution in [0.5, 0.6) is 0 Å². The number of carbonyl (C=O) groups excluding carboxylic acids is 1. The van der Waals surface area contributed by atoms with Crippen molar-refractivity contribution < 1.29 is 19.4 Å². The minimum atomic E-state index is -1.38. The fraction of sp³-hybridized carbons (Fsp3) is 0.833. The molecule has 0 aromatic rings. The molecule has 1 N–H and O–H groups in total. The number of carboxylic acids is 1. The maximum atomic E-state index is 11.9. The standard InChI is InChI=1S/C12H22O4/c1-5-8-12(10(13)14,9(4)6-2)11(15)16-7-3/h9H,5-8H2,1-4H3,(H,13,14). The maximum absolute atomic E-state index is 11.9. The fourth-order valence-electron chi connectivity index (χ4n) is 1.96. The second kappa shape index (κ2) is 6.51. The fourth-order valence-corrected chi connectivity index (χ4v) is 1.96. The summed E-state index contributed by atoms with van der Waals surface area (Å²) in [5, 5.41) is 9.35. The summed E-state index contributed by atoms with van der Waals surface area (Å²) in [6.07, 6.45) is 1.62. The van der Waals surface area contributed by atoms with Crippen LogP contribution in [-0.2, 0) is 14.3 Å². The highest BCUT2D eigenvalue weighted by molar-refractivity contribution is 5.99. The van der Waals surface area contributed by atoms with E-state index < -0.39 is 17.4 Å². The molecule has 2 unspecified atom stereocenters. The Labute approximate surface area is 97.0 Å². The van der Waals surface area contributed by atoms with Crippen molar-refractivity contribution in [3.8, 4) is 0 Å². The SMILES string of the molecule is CCCC(C(=O)O)(C(=O)OCC)C(C)CC. The highest BCUT2D eigenvalue weighted by atomic mass is 16.5. The Morgan fingerprint density at radius 3 is 2.19 bits per heavy atom. The van der Waals surface area contributed by atoms with E-state index in [4.69, 9.17) is 4.74 Å². The number of esters is 1. The van der Waals surface area contributed by atoms with Gasteiger partial charge in [0.15, 0.2) is 5.41 Å². The molecule has 0 spiro atoms. The minimum absolute atomic E-state index is 0.216. The van der Waals surface area contributed by atoms with Gasteiger partial charge in [-0.2, -0.15) is 0 Å². The van der Waals surface area contributed by atoms with Gasteiger partial charge in [0.1, 0.15) is 0 Å². The van der Waals surface area contributed by atoms with Crippen molar-refractivity contribution in [1.29, 1.82) is 0 Å². The number of carboxylic acid groups (broad SMARTS) is 1. The van der Waals surface area contributed by atoms with Crippen molar-refractivity contribution in [1.82, 2.24) is 0 Å². The molecule has 0 aromatic heterocycles. The lowest BCUT2D eigenvalue weighted by Gasteiger charge is -2.32. The molecule has 0 radical (unpaired) electrons. The highest BCUT2D eigenvalue weighted by Crippen LogP contribution is 2.37. The van der Waals surface area contributed by atoms with Gasteiger partial charge in [0.2, 0.25) is 0 Å². The highest BCUT2D eigenvalue weighted by Gasteiger charge is 2.50. The molecule has 0 fully saturated rings. The predicted octanol–water partition coefficient (Wildman–Crippen LogP) is 2.47. The van der Waals surface area contributed by atoms with Gasteiger partial charge in [-0.3, -0.25) is 9.59 Å². The zero-order chi connectivity index (χ0) is 12.8. The summed E-state index contributed by atoms with van der Waals surface area (Å²) in [5.41, 5.74) is -1.38. The summed E-state index contributed by atoms with van der Waals surface area (Å²) in [4.78, 5) is 23.3. The third-order valence-corrected chi connectivity index (χ3v) is 3.12. The number of carbonyl (C=O) groups is 2. The average Bonchev–Trinajstić information content (AvgIpc) is 2.24. The van der Waals surface area contributed by atoms with E-state index in [0.717, 1.165) is 0 Å². The molecule has 0 rings (SSSR count). The van der Waals surface area contributed by atoms with Crippen LogP contribution in [0.4, 0.5) is 0 Å². The molecule has 2 atom stereocenters. The molecule has 0 saturated carbocycles. The molecule has 16 heavy (non-hydrogen) atoms. The van der Waals surface area contributed by atoms with Crippen LogP contribution in [0, 0.1) is 11.3 Å². The lowest BCUT2D eigenvalue weighted by atomic mass is 9.71. The monoisotopic (exact) mass is 230 g/mol. The van der Waals surface area contributed by atoms with Crippen molar-refractivity contribution >= 4 is 11.9 Å². The summed E-state index contributed by atoms with van der Waals surface area (Å²) in [6, 6.07) is 0. The van der Waals surface area contributed by atoms with Gasteiger partial charge in [0.05, 0.1) is 6.61 Å². The number of ether oxygens (including phenoxy) is 1. The molecular formula is C12H22O4.